The number of nitro groups is 1. The van der Waals surface area contributed by atoms with E-state index in [-0.39, 0.29) is 10.6 Å². The van der Waals surface area contributed by atoms with Gasteiger partial charge in [-0.15, -0.1) is 0 Å². The molecule has 1 aromatic carbocycles. The van der Waals surface area contributed by atoms with Crippen molar-refractivity contribution in [3.63, 3.8) is 0 Å². The summed E-state index contributed by atoms with van der Waals surface area (Å²) in [4.78, 5) is 15.1. The first kappa shape index (κ1) is 14.3. The molecule has 0 unspecified atom stereocenters. The van der Waals surface area contributed by atoms with Crippen molar-refractivity contribution in [1.82, 2.24) is 4.90 Å². The molecule has 2 heterocycles. The normalized spacial score (nSPS) is 23.4. The number of benzene rings is 1. The number of non-ortho nitro benzene ring substituents is 1. The predicted molar refractivity (Wildman–Crippen MR) is 80.7 cm³/mol. The summed E-state index contributed by atoms with van der Waals surface area (Å²) < 4.78 is 5.38. The Hall–Kier alpha value is -1.66. The quantitative estimate of drug-likeness (QED) is 0.625. The fraction of sp³-hybridized carbons (Fsp3) is 0.600. The standard InChI is InChI=1S/C15H21N3O3/c19-18(20)15-3-1-14(2-4-15)17-6-5-13(12-17)11-16-7-9-21-10-8-16/h1-4,13H,5-12H2/t13-/m1/s1. The maximum absolute atomic E-state index is 10.7. The molecule has 2 aliphatic heterocycles. The molecule has 114 valence electrons. The summed E-state index contributed by atoms with van der Waals surface area (Å²) in [6.07, 6.45) is 1.19. The van der Waals surface area contributed by atoms with Gasteiger partial charge in [-0.25, -0.2) is 0 Å². The monoisotopic (exact) mass is 291 g/mol. The van der Waals surface area contributed by atoms with E-state index in [1.165, 1.54) is 6.42 Å². The molecule has 0 aromatic heterocycles. The van der Waals surface area contributed by atoms with E-state index in [2.05, 4.69) is 9.80 Å². The maximum Gasteiger partial charge on any atom is 0.269 e. The zero-order chi connectivity index (χ0) is 14.7. The highest BCUT2D eigenvalue weighted by Crippen LogP contribution is 2.26. The highest BCUT2D eigenvalue weighted by molar-refractivity contribution is 5.51. The summed E-state index contributed by atoms with van der Waals surface area (Å²) in [5.74, 6) is 0.679. The molecular weight excluding hydrogens is 270 g/mol. The van der Waals surface area contributed by atoms with E-state index in [9.17, 15) is 10.1 Å². The summed E-state index contributed by atoms with van der Waals surface area (Å²) in [5, 5.41) is 10.7. The lowest BCUT2D eigenvalue weighted by Crippen LogP contribution is -2.39. The fourth-order valence-corrected chi connectivity index (χ4v) is 3.15. The van der Waals surface area contributed by atoms with Gasteiger partial charge in [0.15, 0.2) is 0 Å². The highest BCUT2D eigenvalue weighted by atomic mass is 16.6. The number of nitrogens with zero attached hydrogens (tertiary/aromatic N) is 3. The van der Waals surface area contributed by atoms with Crippen LogP contribution in [0.15, 0.2) is 24.3 Å². The number of rotatable bonds is 4. The van der Waals surface area contributed by atoms with Crippen LogP contribution in [0.2, 0.25) is 0 Å². The number of hydrogen-bond donors (Lipinski definition) is 0. The highest BCUT2D eigenvalue weighted by Gasteiger charge is 2.25. The number of anilines is 1. The molecule has 2 fully saturated rings. The Kier molecular flexibility index (Phi) is 4.36. The van der Waals surface area contributed by atoms with Crippen molar-refractivity contribution >= 4 is 11.4 Å². The van der Waals surface area contributed by atoms with Gasteiger partial charge in [-0.1, -0.05) is 0 Å². The van der Waals surface area contributed by atoms with E-state index in [0.29, 0.717) is 5.92 Å². The average Bonchev–Trinajstić information content (AvgIpc) is 2.97. The van der Waals surface area contributed by atoms with Crippen LogP contribution >= 0.6 is 0 Å². The van der Waals surface area contributed by atoms with Gasteiger partial charge in [0.2, 0.25) is 0 Å². The van der Waals surface area contributed by atoms with Gasteiger partial charge in [0.1, 0.15) is 0 Å². The molecule has 6 heteroatoms. The van der Waals surface area contributed by atoms with Gasteiger partial charge < -0.3 is 9.64 Å². The number of nitro benzene ring substituents is 1. The van der Waals surface area contributed by atoms with E-state index >= 15 is 0 Å². The van der Waals surface area contributed by atoms with Crippen molar-refractivity contribution in [2.45, 2.75) is 6.42 Å². The Morgan fingerprint density at radius 3 is 2.57 bits per heavy atom. The van der Waals surface area contributed by atoms with E-state index in [1.54, 1.807) is 12.1 Å². The first-order valence-corrected chi connectivity index (χ1v) is 7.52. The summed E-state index contributed by atoms with van der Waals surface area (Å²) in [7, 11) is 0. The molecule has 21 heavy (non-hydrogen) atoms. The molecule has 0 aliphatic carbocycles. The van der Waals surface area contributed by atoms with Gasteiger partial charge in [-0.3, -0.25) is 15.0 Å². The number of ether oxygens (including phenoxy) is 1. The Bertz CT molecular complexity index is 485. The van der Waals surface area contributed by atoms with Crippen molar-refractivity contribution in [3.8, 4) is 0 Å². The molecule has 0 bridgehead atoms. The zero-order valence-corrected chi connectivity index (χ0v) is 12.1. The van der Waals surface area contributed by atoms with Gasteiger partial charge >= 0.3 is 0 Å². The van der Waals surface area contributed by atoms with Crippen LogP contribution in [0, 0.1) is 16.0 Å². The van der Waals surface area contributed by atoms with Crippen LogP contribution in [-0.4, -0.2) is 55.8 Å². The average molecular weight is 291 g/mol. The van der Waals surface area contributed by atoms with Crippen LogP contribution in [0.5, 0.6) is 0 Å². The summed E-state index contributed by atoms with van der Waals surface area (Å²) in [5.41, 5.74) is 1.24. The van der Waals surface area contributed by atoms with Crippen LogP contribution in [-0.2, 0) is 4.74 Å². The molecule has 0 spiro atoms. The second-order valence-corrected chi connectivity index (χ2v) is 5.79. The maximum atomic E-state index is 10.7. The van der Waals surface area contributed by atoms with E-state index < -0.39 is 0 Å². The second-order valence-electron chi connectivity index (χ2n) is 5.79. The summed E-state index contributed by atoms with van der Waals surface area (Å²) in [6.45, 7) is 6.97. The fourth-order valence-electron chi connectivity index (χ4n) is 3.15. The third-order valence-corrected chi connectivity index (χ3v) is 4.33. The Morgan fingerprint density at radius 1 is 1.19 bits per heavy atom. The predicted octanol–water partition coefficient (Wildman–Crippen LogP) is 1.75. The topological polar surface area (TPSA) is 58.9 Å². The van der Waals surface area contributed by atoms with Gasteiger partial charge in [-0.05, 0) is 24.5 Å². The molecule has 0 radical (unpaired) electrons. The SMILES string of the molecule is O=[N+]([O-])c1ccc(N2CC[C@H](CN3CCOCC3)C2)cc1. The summed E-state index contributed by atoms with van der Waals surface area (Å²) >= 11 is 0. The lowest BCUT2D eigenvalue weighted by molar-refractivity contribution is -0.384. The molecular formula is C15H21N3O3. The molecule has 0 saturated carbocycles. The lowest BCUT2D eigenvalue weighted by Gasteiger charge is -2.29. The molecule has 0 amide bonds. The van der Waals surface area contributed by atoms with Crippen molar-refractivity contribution in [2.75, 3.05) is 50.8 Å². The van der Waals surface area contributed by atoms with Crippen molar-refractivity contribution < 1.29 is 9.66 Å². The molecule has 1 aromatic rings. The van der Waals surface area contributed by atoms with Crippen LogP contribution in [0.4, 0.5) is 11.4 Å². The smallest absolute Gasteiger partial charge is 0.269 e. The molecule has 3 rings (SSSR count). The zero-order valence-electron chi connectivity index (χ0n) is 12.1. The number of hydrogen-bond acceptors (Lipinski definition) is 5. The third-order valence-electron chi connectivity index (χ3n) is 4.33. The first-order chi connectivity index (χ1) is 10.2. The minimum absolute atomic E-state index is 0.155. The van der Waals surface area contributed by atoms with Crippen molar-refractivity contribution in [2.24, 2.45) is 5.92 Å². The molecule has 6 nitrogen and oxygen atoms in total. The van der Waals surface area contributed by atoms with Crippen molar-refractivity contribution in [1.29, 1.82) is 0 Å². The van der Waals surface area contributed by atoms with Gasteiger partial charge in [0.05, 0.1) is 18.1 Å². The largest absolute Gasteiger partial charge is 0.379 e. The van der Waals surface area contributed by atoms with Crippen LogP contribution in [0.25, 0.3) is 0 Å². The minimum Gasteiger partial charge on any atom is -0.379 e. The molecule has 2 saturated heterocycles. The van der Waals surface area contributed by atoms with Crippen LogP contribution in [0.1, 0.15) is 6.42 Å². The van der Waals surface area contributed by atoms with Crippen molar-refractivity contribution in [3.05, 3.63) is 34.4 Å². The Morgan fingerprint density at radius 2 is 1.90 bits per heavy atom. The first-order valence-electron chi connectivity index (χ1n) is 7.52. The molecule has 2 aliphatic rings. The van der Waals surface area contributed by atoms with Gasteiger partial charge in [0.25, 0.3) is 5.69 Å². The third kappa shape index (κ3) is 3.51. The van der Waals surface area contributed by atoms with Crippen LogP contribution in [0.3, 0.4) is 0 Å². The van der Waals surface area contributed by atoms with E-state index in [0.717, 1.165) is 51.6 Å². The lowest BCUT2D eigenvalue weighted by atomic mass is 10.1. The van der Waals surface area contributed by atoms with E-state index in [1.807, 2.05) is 12.1 Å². The molecule has 0 N–H and O–H groups in total. The minimum atomic E-state index is -0.352. The van der Waals surface area contributed by atoms with E-state index in [4.69, 9.17) is 4.74 Å². The summed E-state index contributed by atoms with van der Waals surface area (Å²) in [6, 6.07) is 6.89. The Balaban J connectivity index is 1.54. The molecule has 1 atom stereocenters. The Labute approximate surface area is 124 Å². The number of morpholine rings is 1. The van der Waals surface area contributed by atoms with Crippen LogP contribution < -0.4 is 4.90 Å². The second kappa shape index (κ2) is 6.41. The van der Waals surface area contributed by atoms with Gasteiger partial charge in [0, 0.05) is 50.5 Å². The van der Waals surface area contributed by atoms with Gasteiger partial charge in [-0.2, -0.15) is 0 Å².